The molecule has 2 heteroatoms. The summed E-state index contributed by atoms with van der Waals surface area (Å²) in [5, 5.41) is 3.33. The maximum atomic E-state index is 14.0. The summed E-state index contributed by atoms with van der Waals surface area (Å²) in [5.74, 6) is 0. The van der Waals surface area contributed by atoms with Crippen molar-refractivity contribution in [2.24, 2.45) is 0 Å². The minimum Gasteiger partial charge on any atom is -0.311 e. The van der Waals surface area contributed by atoms with Crippen LogP contribution in [-0.2, 0) is 0 Å². The first kappa shape index (κ1) is 17.9. The number of alkyl halides is 1. The zero-order valence-electron chi connectivity index (χ0n) is 13.6. The van der Waals surface area contributed by atoms with Crippen LogP contribution in [0.4, 0.5) is 4.39 Å². The Balaban J connectivity index is 1.82. The van der Waals surface area contributed by atoms with Gasteiger partial charge >= 0.3 is 0 Å². The lowest BCUT2D eigenvalue weighted by molar-refractivity contribution is 0.202. The third-order valence-electron chi connectivity index (χ3n) is 4.62. The largest absolute Gasteiger partial charge is 0.311 e. The molecule has 2 atom stereocenters. The van der Waals surface area contributed by atoms with E-state index in [-0.39, 0.29) is 6.04 Å². The second kappa shape index (κ2) is 12.6. The minimum atomic E-state index is -0.607. The minimum absolute atomic E-state index is 0.155. The number of hydrogen-bond acceptors (Lipinski definition) is 1. The standard InChI is InChI=1S/C18H36FN/c1-2-3-4-5-6-7-8-9-10-11-14-17(19)18-15-12-13-16-20-18/h17-18,20H,2-16H2,1H3. The fourth-order valence-corrected chi connectivity index (χ4v) is 3.22. The summed E-state index contributed by atoms with van der Waals surface area (Å²) in [6.07, 6.45) is 16.9. The highest BCUT2D eigenvalue weighted by Crippen LogP contribution is 2.18. The molecule has 1 saturated heterocycles. The monoisotopic (exact) mass is 285 g/mol. The molecule has 20 heavy (non-hydrogen) atoms. The van der Waals surface area contributed by atoms with Crippen LogP contribution in [-0.4, -0.2) is 18.8 Å². The van der Waals surface area contributed by atoms with E-state index >= 15 is 0 Å². The quantitative estimate of drug-likeness (QED) is 0.448. The van der Waals surface area contributed by atoms with Gasteiger partial charge < -0.3 is 5.32 Å². The van der Waals surface area contributed by atoms with Gasteiger partial charge in [0.25, 0.3) is 0 Å². The second-order valence-corrected chi connectivity index (χ2v) is 6.54. The fourth-order valence-electron chi connectivity index (χ4n) is 3.22. The van der Waals surface area contributed by atoms with Gasteiger partial charge in [-0.3, -0.25) is 0 Å². The van der Waals surface area contributed by atoms with E-state index in [1.165, 1.54) is 70.6 Å². The van der Waals surface area contributed by atoms with Crippen molar-refractivity contribution in [1.82, 2.24) is 5.32 Å². The van der Waals surface area contributed by atoms with Crippen molar-refractivity contribution in [3.63, 3.8) is 0 Å². The Labute approximate surface area is 126 Å². The Kier molecular flexibility index (Phi) is 11.3. The van der Waals surface area contributed by atoms with E-state index in [0.717, 1.165) is 25.8 Å². The highest BCUT2D eigenvalue weighted by molar-refractivity contribution is 4.79. The molecular formula is C18H36FN. The molecule has 0 radical (unpaired) electrons. The SMILES string of the molecule is CCCCCCCCCCCCC(F)C1CCCCN1. The summed E-state index contributed by atoms with van der Waals surface area (Å²) >= 11 is 0. The predicted molar refractivity (Wildman–Crippen MR) is 87.0 cm³/mol. The number of piperidine rings is 1. The summed E-state index contributed by atoms with van der Waals surface area (Å²) in [5.41, 5.74) is 0. The lowest BCUT2D eigenvalue weighted by atomic mass is 9.97. The van der Waals surface area contributed by atoms with Gasteiger partial charge in [0.2, 0.25) is 0 Å². The van der Waals surface area contributed by atoms with Gasteiger partial charge in [0, 0.05) is 6.04 Å². The van der Waals surface area contributed by atoms with Crippen molar-refractivity contribution in [3.05, 3.63) is 0 Å². The molecular weight excluding hydrogens is 249 g/mol. The van der Waals surface area contributed by atoms with Crippen molar-refractivity contribution in [1.29, 1.82) is 0 Å². The Morgan fingerprint density at radius 2 is 1.50 bits per heavy atom. The van der Waals surface area contributed by atoms with Gasteiger partial charge in [-0.15, -0.1) is 0 Å². The summed E-state index contributed by atoms with van der Waals surface area (Å²) in [4.78, 5) is 0. The normalized spacial score (nSPS) is 21.0. The molecule has 1 heterocycles. The summed E-state index contributed by atoms with van der Waals surface area (Å²) < 4.78 is 14.0. The van der Waals surface area contributed by atoms with Crippen LogP contribution in [0.3, 0.4) is 0 Å². The van der Waals surface area contributed by atoms with Crippen LogP contribution in [0.25, 0.3) is 0 Å². The smallest absolute Gasteiger partial charge is 0.115 e. The van der Waals surface area contributed by atoms with Gasteiger partial charge in [0.1, 0.15) is 6.17 Å². The number of hydrogen-bond donors (Lipinski definition) is 1. The molecule has 0 aliphatic carbocycles. The molecule has 1 aliphatic heterocycles. The van der Waals surface area contributed by atoms with Gasteiger partial charge in [-0.25, -0.2) is 4.39 Å². The second-order valence-electron chi connectivity index (χ2n) is 6.54. The lowest BCUT2D eigenvalue weighted by Gasteiger charge is -2.26. The Bertz CT molecular complexity index is 202. The van der Waals surface area contributed by atoms with Gasteiger partial charge in [-0.2, -0.15) is 0 Å². The van der Waals surface area contributed by atoms with E-state index in [4.69, 9.17) is 0 Å². The van der Waals surface area contributed by atoms with E-state index < -0.39 is 6.17 Å². The lowest BCUT2D eigenvalue weighted by Crippen LogP contribution is -2.41. The average Bonchev–Trinajstić information content (AvgIpc) is 2.50. The fraction of sp³-hybridized carbons (Fsp3) is 1.00. The highest BCUT2D eigenvalue weighted by Gasteiger charge is 2.21. The highest BCUT2D eigenvalue weighted by atomic mass is 19.1. The topological polar surface area (TPSA) is 12.0 Å². The third kappa shape index (κ3) is 8.94. The van der Waals surface area contributed by atoms with Gasteiger partial charge in [-0.05, 0) is 25.8 Å². The van der Waals surface area contributed by atoms with Gasteiger partial charge in [0.15, 0.2) is 0 Å². The summed E-state index contributed by atoms with van der Waals surface area (Å²) in [6.45, 7) is 3.28. The maximum absolute atomic E-state index is 14.0. The molecule has 0 amide bonds. The molecule has 1 nitrogen and oxygen atoms in total. The van der Waals surface area contributed by atoms with Crippen LogP contribution in [0.2, 0.25) is 0 Å². The molecule has 1 rings (SSSR count). The summed E-state index contributed by atoms with van der Waals surface area (Å²) in [6, 6.07) is 0.155. The first-order valence-electron chi connectivity index (χ1n) is 9.22. The van der Waals surface area contributed by atoms with Gasteiger partial charge in [-0.1, -0.05) is 77.6 Å². The average molecular weight is 285 g/mol. The van der Waals surface area contributed by atoms with Crippen molar-refractivity contribution >= 4 is 0 Å². The molecule has 120 valence electrons. The van der Waals surface area contributed by atoms with Crippen molar-refractivity contribution in [2.75, 3.05) is 6.54 Å². The number of halogens is 1. The van der Waals surface area contributed by atoms with Crippen molar-refractivity contribution in [3.8, 4) is 0 Å². The summed E-state index contributed by atoms with van der Waals surface area (Å²) in [7, 11) is 0. The predicted octanol–water partition coefficient (Wildman–Crippen LogP) is 5.78. The number of rotatable bonds is 12. The molecule has 2 unspecified atom stereocenters. The van der Waals surface area contributed by atoms with E-state index in [0.29, 0.717) is 0 Å². The Hall–Kier alpha value is -0.110. The van der Waals surface area contributed by atoms with Crippen LogP contribution in [0.1, 0.15) is 96.8 Å². The molecule has 1 fully saturated rings. The molecule has 0 saturated carbocycles. The van der Waals surface area contributed by atoms with Gasteiger partial charge in [0.05, 0.1) is 0 Å². The maximum Gasteiger partial charge on any atom is 0.115 e. The zero-order chi connectivity index (χ0) is 14.5. The van der Waals surface area contributed by atoms with Crippen LogP contribution in [0.15, 0.2) is 0 Å². The molecule has 1 N–H and O–H groups in total. The molecule has 0 bridgehead atoms. The Morgan fingerprint density at radius 3 is 2.05 bits per heavy atom. The first-order valence-corrected chi connectivity index (χ1v) is 9.22. The molecule has 0 spiro atoms. The molecule has 1 aliphatic rings. The number of nitrogens with one attached hydrogen (secondary N) is 1. The van der Waals surface area contributed by atoms with E-state index in [1.807, 2.05) is 0 Å². The van der Waals surface area contributed by atoms with Crippen LogP contribution in [0.5, 0.6) is 0 Å². The van der Waals surface area contributed by atoms with E-state index in [1.54, 1.807) is 0 Å². The third-order valence-corrected chi connectivity index (χ3v) is 4.62. The van der Waals surface area contributed by atoms with Crippen LogP contribution >= 0.6 is 0 Å². The Morgan fingerprint density at radius 1 is 0.900 bits per heavy atom. The van der Waals surface area contributed by atoms with Crippen LogP contribution < -0.4 is 5.32 Å². The van der Waals surface area contributed by atoms with Crippen molar-refractivity contribution < 1.29 is 4.39 Å². The van der Waals surface area contributed by atoms with Crippen LogP contribution in [0, 0.1) is 0 Å². The molecule has 0 aromatic carbocycles. The number of unbranched alkanes of at least 4 members (excludes halogenated alkanes) is 9. The van der Waals surface area contributed by atoms with E-state index in [2.05, 4.69) is 12.2 Å². The zero-order valence-corrected chi connectivity index (χ0v) is 13.6. The molecule has 0 aromatic rings. The van der Waals surface area contributed by atoms with E-state index in [9.17, 15) is 4.39 Å². The molecule has 0 aromatic heterocycles. The first-order chi connectivity index (χ1) is 9.84. The van der Waals surface area contributed by atoms with Crippen molar-refractivity contribution in [2.45, 2.75) is 109 Å².